The molecule has 0 aromatic heterocycles. The number of nitrogens with two attached hydrogens (primary N) is 1. The molecule has 3 aliphatic rings. The number of nitrogens with one attached hydrogen (secondary N) is 1. The highest BCUT2D eigenvalue weighted by Gasteiger charge is 2.73. The van der Waals surface area contributed by atoms with Gasteiger partial charge in [-0.15, -0.1) is 0 Å². The Hall–Kier alpha value is -1.67. The summed E-state index contributed by atoms with van der Waals surface area (Å²) in [5.41, 5.74) is 2.41. The molecule has 3 fully saturated rings. The van der Waals surface area contributed by atoms with Crippen LogP contribution in [0.5, 0.6) is 5.75 Å². The predicted molar refractivity (Wildman–Crippen MR) is 129 cm³/mol. The Labute approximate surface area is 213 Å². The topological polar surface area (TPSA) is 92.4 Å². The largest absolute Gasteiger partial charge is 0.505 e. The summed E-state index contributed by atoms with van der Waals surface area (Å²) in [6.07, 6.45) is 4.36. The number of rotatable bonds is 4. The zero-order valence-electron chi connectivity index (χ0n) is 20.1. The number of carbonyl (C=O) groups is 2. The third kappa shape index (κ3) is 4.73. The maximum Gasteiger partial charge on any atom is 0.259 e. The molecule has 0 spiro atoms. The molecule has 4 rings (SSSR count). The maximum absolute atomic E-state index is 16.0. The van der Waals surface area contributed by atoms with Crippen molar-refractivity contribution in [2.45, 2.75) is 77.7 Å². The molecule has 4 N–H and O–H groups in total. The SMILES string of the molecule is CC(N)=O.CC1CC2CC[C@H](C)[C@]1(C(NC(=O)C1CCCC1)c1c(F)c(O)cc(Cl)c1Cl)C2(F)F. The number of hydrogen-bond donors (Lipinski definition) is 3. The second-order valence-corrected chi connectivity index (χ2v) is 11.1. The van der Waals surface area contributed by atoms with Crippen molar-refractivity contribution in [1.82, 2.24) is 5.32 Å². The molecule has 10 heteroatoms. The average Bonchev–Trinajstić information content (AvgIpc) is 3.31. The van der Waals surface area contributed by atoms with Crippen LogP contribution in [0.3, 0.4) is 0 Å². The van der Waals surface area contributed by atoms with Gasteiger partial charge in [0.05, 0.1) is 21.5 Å². The maximum atomic E-state index is 16.0. The van der Waals surface area contributed by atoms with Crippen LogP contribution in [0, 0.1) is 34.9 Å². The third-order valence-corrected chi connectivity index (χ3v) is 9.06. The number of halogens is 5. The van der Waals surface area contributed by atoms with Gasteiger partial charge in [-0.05, 0) is 43.9 Å². The van der Waals surface area contributed by atoms with Gasteiger partial charge in [0.15, 0.2) is 11.6 Å². The Bertz CT molecular complexity index is 951. The lowest BCUT2D eigenvalue weighted by Gasteiger charge is -2.52. The number of phenolic OH excluding ortho intramolecular Hbond substituents is 1. The molecule has 5 nitrogen and oxygen atoms in total. The zero-order chi connectivity index (χ0) is 26.3. The van der Waals surface area contributed by atoms with Crippen LogP contribution in [0.2, 0.25) is 10.0 Å². The number of benzene rings is 1. The van der Waals surface area contributed by atoms with Gasteiger partial charge in [0.1, 0.15) is 0 Å². The van der Waals surface area contributed by atoms with Crippen molar-refractivity contribution in [3.05, 3.63) is 27.5 Å². The first-order chi connectivity index (χ1) is 16.3. The summed E-state index contributed by atoms with van der Waals surface area (Å²) in [6.45, 7) is 4.80. The molecule has 3 aliphatic carbocycles. The Morgan fingerprint density at radius 3 is 2.29 bits per heavy atom. The van der Waals surface area contributed by atoms with Gasteiger partial charge in [0.25, 0.3) is 5.92 Å². The standard InChI is InChI=1S/C23H28Cl2F3NO2.C2H5NO/c1-11-7-8-14-9-12(2)22(11,23(14,27)28)20(29-21(31)13-5-3-4-6-13)17-18(25)15(24)10-16(30)19(17)26;1-2(3)4/h10-14,20,30H,3-9H2,1-2H3,(H,29,31);1H3,(H2,3,4)/t11-,12?,14?,20?,22-;/m0./s1. The van der Waals surface area contributed by atoms with Gasteiger partial charge in [-0.1, -0.05) is 49.9 Å². The summed E-state index contributed by atoms with van der Waals surface area (Å²) in [6, 6.07) is -0.442. The molecule has 3 unspecified atom stereocenters. The monoisotopic (exact) mass is 536 g/mol. The molecule has 0 aliphatic heterocycles. The first kappa shape index (κ1) is 27.9. The van der Waals surface area contributed by atoms with Crippen molar-refractivity contribution in [3.63, 3.8) is 0 Å². The molecule has 0 saturated heterocycles. The molecule has 2 bridgehead atoms. The van der Waals surface area contributed by atoms with E-state index in [1.54, 1.807) is 13.8 Å². The van der Waals surface area contributed by atoms with Gasteiger partial charge >= 0.3 is 0 Å². The molecule has 3 saturated carbocycles. The van der Waals surface area contributed by atoms with Gasteiger partial charge in [-0.2, -0.15) is 0 Å². The zero-order valence-corrected chi connectivity index (χ0v) is 21.7. The summed E-state index contributed by atoms with van der Waals surface area (Å²) < 4.78 is 47.4. The Morgan fingerprint density at radius 1 is 1.14 bits per heavy atom. The normalized spacial score (nSPS) is 30.3. The van der Waals surface area contributed by atoms with E-state index in [0.29, 0.717) is 32.1 Å². The van der Waals surface area contributed by atoms with Crippen molar-refractivity contribution in [1.29, 1.82) is 0 Å². The van der Waals surface area contributed by atoms with Crippen LogP contribution in [0.1, 0.15) is 77.3 Å². The number of amides is 2. The quantitative estimate of drug-likeness (QED) is 0.389. The minimum Gasteiger partial charge on any atom is -0.505 e. The average molecular weight is 537 g/mol. The van der Waals surface area contributed by atoms with E-state index in [-0.39, 0.29) is 33.3 Å². The predicted octanol–water partition coefficient (Wildman–Crippen LogP) is 6.38. The minimum atomic E-state index is -3.13. The van der Waals surface area contributed by atoms with Crippen molar-refractivity contribution in [2.75, 3.05) is 0 Å². The number of alkyl halides is 2. The Balaban J connectivity index is 0.000000795. The van der Waals surface area contributed by atoms with Gasteiger partial charge < -0.3 is 16.2 Å². The summed E-state index contributed by atoms with van der Waals surface area (Å²) >= 11 is 12.5. The second-order valence-electron chi connectivity index (χ2n) is 10.3. The van der Waals surface area contributed by atoms with Crippen LogP contribution in [0.15, 0.2) is 6.07 Å². The van der Waals surface area contributed by atoms with Crippen LogP contribution >= 0.6 is 23.2 Å². The number of phenols is 1. The third-order valence-electron chi connectivity index (χ3n) is 8.26. The molecule has 196 valence electrons. The van der Waals surface area contributed by atoms with E-state index in [1.807, 2.05) is 0 Å². The van der Waals surface area contributed by atoms with E-state index < -0.39 is 46.7 Å². The highest BCUT2D eigenvalue weighted by molar-refractivity contribution is 6.42. The molecule has 2 amide bonds. The van der Waals surface area contributed by atoms with Crippen LogP contribution in [0.4, 0.5) is 13.2 Å². The van der Waals surface area contributed by atoms with E-state index in [1.165, 1.54) is 6.92 Å². The Kier molecular flexibility index (Phi) is 8.27. The van der Waals surface area contributed by atoms with Crippen LogP contribution in [-0.4, -0.2) is 22.8 Å². The molecule has 1 aromatic carbocycles. The summed E-state index contributed by atoms with van der Waals surface area (Å²) in [5.74, 6) is -7.83. The lowest BCUT2D eigenvalue weighted by Crippen LogP contribution is -2.58. The summed E-state index contributed by atoms with van der Waals surface area (Å²) in [4.78, 5) is 22.4. The van der Waals surface area contributed by atoms with Crippen LogP contribution < -0.4 is 11.1 Å². The van der Waals surface area contributed by atoms with Gasteiger partial charge in [-0.25, -0.2) is 13.2 Å². The number of carbonyl (C=O) groups excluding carboxylic acids is 2. The van der Waals surface area contributed by atoms with E-state index in [2.05, 4.69) is 11.1 Å². The first-order valence-corrected chi connectivity index (χ1v) is 12.8. The van der Waals surface area contributed by atoms with E-state index in [4.69, 9.17) is 23.2 Å². The number of aromatic hydroxyl groups is 1. The lowest BCUT2D eigenvalue weighted by atomic mass is 9.57. The number of fused-ring (bicyclic) bond motifs is 2. The smallest absolute Gasteiger partial charge is 0.259 e. The molecule has 0 radical (unpaired) electrons. The van der Waals surface area contributed by atoms with Gasteiger partial charge in [0.2, 0.25) is 11.8 Å². The minimum absolute atomic E-state index is 0.138. The second kappa shape index (κ2) is 10.4. The summed E-state index contributed by atoms with van der Waals surface area (Å²) in [5, 5.41) is 12.5. The highest BCUT2D eigenvalue weighted by atomic mass is 35.5. The highest BCUT2D eigenvalue weighted by Crippen LogP contribution is 2.70. The van der Waals surface area contributed by atoms with Crippen molar-refractivity contribution < 1.29 is 27.9 Å². The fourth-order valence-electron chi connectivity index (χ4n) is 6.76. The molecule has 35 heavy (non-hydrogen) atoms. The van der Waals surface area contributed by atoms with E-state index >= 15 is 13.2 Å². The Morgan fingerprint density at radius 2 is 1.71 bits per heavy atom. The first-order valence-electron chi connectivity index (χ1n) is 12.1. The van der Waals surface area contributed by atoms with Crippen LogP contribution in [0.25, 0.3) is 0 Å². The lowest BCUT2D eigenvalue weighted by molar-refractivity contribution is -0.202. The molecular weight excluding hydrogens is 504 g/mol. The molecule has 5 atom stereocenters. The van der Waals surface area contributed by atoms with Crippen molar-refractivity contribution in [2.24, 2.45) is 34.8 Å². The van der Waals surface area contributed by atoms with E-state index in [9.17, 15) is 14.7 Å². The molecule has 0 heterocycles. The fourth-order valence-corrected chi connectivity index (χ4v) is 7.21. The van der Waals surface area contributed by atoms with Crippen molar-refractivity contribution >= 4 is 35.0 Å². The molecular formula is C25H33Cl2F3N2O3. The van der Waals surface area contributed by atoms with E-state index in [0.717, 1.165) is 18.9 Å². The van der Waals surface area contributed by atoms with Gasteiger partial charge in [0, 0.05) is 30.4 Å². The summed E-state index contributed by atoms with van der Waals surface area (Å²) in [7, 11) is 0. The molecule has 1 aromatic rings. The van der Waals surface area contributed by atoms with Crippen molar-refractivity contribution in [3.8, 4) is 5.75 Å². The number of hydrogen-bond acceptors (Lipinski definition) is 3. The van der Waals surface area contributed by atoms with Crippen LogP contribution in [-0.2, 0) is 9.59 Å². The fraction of sp³-hybridized carbons (Fsp3) is 0.680. The number of primary amides is 1. The van der Waals surface area contributed by atoms with Gasteiger partial charge in [-0.3, -0.25) is 9.59 Å².